The molecule has 0 unspecified atom stereocenters. The molecule has 0 bridgehead atoms. The summed E-state index contributed by atoms with van der Waals surface area (Å²) >= 11 is 6.01. The van der Waals surface area contributed by atoms with Gasteiger partial charge in [-0.25, -0.2) is 5.43 Å². The van der Waals surface area contributed by atoms with E-state index in [-0.39, 0.29) is 5.91 Å². The third-order valence-electron chi connectivity index (χ3n) is 3.16. The van der Waals surface area contributed by atoms with E-state index in [4.69, 9.17) is 16.3 Å². The number of anilines is 1. The molecule has 0 spiro atoms. The number of methoxy groups -OCH3 is 1. The first-order valence-corrected chi connectivity index (χ1v) is 7.46. The second-order valence-electron chi connectivity index (χ2n) is 4.82. The predicted molar refractivity (Wildman–Crippen MR) is 93.3 cm³/mol. The Labute approximate surface area is 140 Å². The van der Waals surface area contributed by atoms with Crippen molar-refractivity contribution in [1.29, 1.82) is 0 Å². The third-order valence-corrected chi connectivity index (χ3v) is 3.50. The van der Waals surface area contributed by atoms with Crippen LogP contribution in [-0.2, 0) is 4.79 Å². The molecule has 0 aliphatic rings. The molecule has 2 N–H and O–H groups in total. The van der Waals surface area contributed by atoms with Crippen LogP contribution in [0.5, 0.6) is 5.75 Å². The van der Waals surface area contributed by atoms with Gasteiger partial charge in [-0.1, -0.05) is 41.9 Å². The van der Waals surface area contributed by atoms with Gasteiger partial charge in [0.25, 0.3) is 5.91 Å². The summed E-state index contributed by atoms with van der Waals surface area (Å²) in [6.07, 6.45) is 1.51. The van der Waals surface area contributed by atoms with Crippen LogP contribution < -0.4 is 15.5 Å². The summed E-state index contributed by atoms with van der Waals surface area (Å²) in [5, 5.41) is 7.59. The monoisotopic (exact) mass is 331 g/mol. The lowest BCUT2D eigenvalue weighted by atomic mass is 10.2. The standard InChI is InChI=1S/C17H18ClN3O2/c1-12(20-15-9-5-6-10-16(15)23-2)17(22)21-19-11-13-7-3-4-8-14(13)18/h3-12,20H,1-2H3,(H,21,22)/b19-11-/t12-/m0/s1. The molecule has 0 aromatic heterocycles. The van der Waals surface area contributed by atoms with Gasteiger partial charge < -0.3 is 10.1 Å². The summed E-state index contributed by atoms with van der Waals surface area (Å²) in [4.78, 5) is 12.1. The molecule has 0 saturated carbocycles. The third kappa shape index (κ3) is 4.72. The Morgan fingerprint density at radius 2 is 1.91 bits per heavy atom. The van der Waals surface area contributed by atoms with E-state index < -0.39 is 6.04 Å². The van der Waals surface area contributed by atoms with Gasteiger partial charge in [-0.15, -0.1) is 0 Å². The van der Waals surface area contributed by atoms with Gasteiger partial charge in [-0.3, -0.25) is 4.79 Å². The van der Waals surface area contributed by atoms with E-state index >= 15 is 0 Å². The molecule has 0 heterocycles. The number of halogens is 1. The van der Waals surface area contributed by atoms with E-state index in [1.807, 2.05) is 42.5 Å². The van der Waals surface area contributed by atoms with Crippen molar-refractivity contribution in [2.24, 2.45) is 5.10 Å². The molecule has 120 valence electrons. The normalized spacial score (nSPS) is 12.0. The van der Waals surface area contributed by atoms with Gasteiger partial charge >= 0.3 is 0 Å². The first kappa shape index (κ1) is 16.8. The number of rotatable bonds is 6. The fraction of sp³-hybridized carbons (Fsp3) is 0.176. The van der Waals surface area contributed by atoms with Crippen LogP contribution in [0.1, 0.15) is 12.5 Å². The van der Waals surface area contributed by atoms with Crippen molar-refractivity contribution in [3.8, 4) is 5.75 Å². The fourth-order valence-corrected chi connectivity index (χ4v) is 2.09. The molecule has 1 atom stereocenters. The maximum absolute atomic E-state index is 12.1. The first-order valence-electron chi connectivity index (χ1n) is 7.09. The maximum Gasteiger partial charge on any atom is 0.262 e. The molecule has 0 aliphatic carbocycles. The van der Waals surface area contributed by atoms with Gasteiger partial charge in [-0.2, -0.15) is 5.10 Å². The molecule has 6 heteroatoms. The minimum atomic E-state index is -0.477. The molecular weight excluding hydrogens is 314 g/mol. The van der Waals surface area contributed by atoms with Crippen molar-refractivity contribution in [1.82, 2.24) is 5.43 Å². The van der Waals surface area contributed by atoms with Crippen LogP contribution in [-0.4, -0.2) is 25.3 Å². The van der Waals surface area contributed by atoms with Gasteiger partial charge in [0.2, 0.25) is 0 Å². The molecule has 2 aromatic carbocycles. The largest absolute Gasteiger partial charge is 0.495 e. The zero-order chi connectivity index (χ0) is 16.7. The van der Waals surface area contributed by atoms with Crippen LogP contribution in [0, 0.1) is 0 Å². The van der Waals surface area contributed by atoms with Gasteiger partial charge in [-0.05, 0) is 25.1 Å². The van der Waals surface area contributed by atoms with E-state index in [0.717, 1.165) is 11.3 Å². The van der Waals surface area contributed by atoms with Crippen molar-refractivity contribution in [2.75, 3.05) is 12.4 Å². The molecule has 0 radical (unpaired) electrons. The number of para-hydroxylation sites is 2. The molecular formula is C17H18ClN3O2. The summed E-state index contributed by atoms with van der Waals surface area (Å²) in [5.74, 6) is 0.408. The van der Waals surface area contributed by atoms with Crippen LogP contribution in [0.3, 0.4) is 0 Å². The molecule has 2 rings (SSSR count). The number of nitrogens with one attached hydrogen (secondary N) is 2. The zero-order valence-electron chi connectivity index (χ0n) is 12.9. The molecule has 0 aliphatic heterocycles. The molecule has 23 heavy (non-hydrogen) atoms. The highest BCUT2D eigenvalue weighted by molar-refractivity contribution is 6.33. The topological polar surface area (TPSA) is 62.7 Å². The maximum atomic E-state index is 12.1. The van der Waals surface area contributed by atoms with E-state index in [0.29, 0.717) is 10.8 Å². The van der Waals surface area contributed by atoms with Crippen LogP contribution >= 0.6 is 11.6 Å². The van der Waals surface area contributed by atoms with Gasteiger partial charge in [0.15, 0.2) is 0 Å². The van der Waals surface area contributed by atoms with E-state index in [1.54, 1.807) is 20.1 Å². The summed E-state index contributed by atoms with van der Waals surface area (Å²) in [5.41, 5.74) is 3.96. The van der Waals surface area contributed by atoms with E-state index in [9.17, 15) is 4.79 Å². The van der Waals surface area contributed by atoms with Gasteiger partial charge in [0.1, 0.15) is 11.8 Å². The first-order chi connectivity index (χ1) is 11.1. The summed E-state index contributed by atoms with van der Waals surface area (Å²) in [6, 6.07) is 14.2. The molecule has 0 fully saturated rings. The number of hydrogen-bond acceptors (Lipinski definition) is 4. The Morgan fingerprint density at radius 1 is 1.22 bits per heavy atom. The number of amides is 1. The number of nitrogens with zero attached hydrogens (tertiary/aromatic N) is 1. The Kier molecular flexibility index (Phi) is 6.00. The van der Waals surface area contributed by atoms with Crippen molar-refractivity contribution in [3.05, 3.63) is 59.1 Å². The fourth-order valence-electron chi connectivity index (χ4n) is 1.90. The lowest BCUT2D eigenvalue weighted by molar-refractivity contribution is -0.121. The quantitative estimate of drug-likeness (QED) is 0.630. The van der Waals surface area contributed by atoms with Crippen LogP contribution in [0.25, 0.3) is 0 Å². The highest BCUT2D eigenvalue weighted by atomic mass is 35.5. The summed E-state index contributed by atoms with van der Waals surface area (Å²) in [7, 11) is 1.58. The number of carbonyl (C=O) groups is 1. The van der Waals surface area contributed by atoms with Crippen molar-refractivity contribution in [3.63, 3.8) is 0 Å². The highest BCUT2D eigenvalue weighted by Crippen LogP contribution is 2.23. The van der Waals surface area contributed by atoms with Crippen molar-refractivity contribution >= 4 is 29.4 Å². The smallest absolute Gasteiger partial charge is 0.262 e. The lowest BCUT2D eigenvalue weighted by Gasteiger charge is -2.15. The van der Waals surface area contributed by atoms with Crippen LogP contribution in [0.2, 0.25) is 5.02 Å². The number of hydrazone groups is 1. The number of hydrogen-bond donors (Lipinski definition) is 2. The highest BCUT2D eigenvalue weighted by Gasteiger charge is 2.13. The summed E-state index contributed by atoms with van der Waals surface area (Å²) in [6.45, 7) is 1.74. The van der Waals surface area contributed by atoms with Crippen molar-refractivity contribution < 1.29 is 9.53 Å². The Balaban J connectivity index is 1.94. The molecule has 1 amide bonds. The minimum Gasteiger partial charge on any atom is -0.495 e. The van der Waals surface area contributed by atoms with Crippen molar-refractivity contribution in [2.45, 2.75) is 13.0 Å². The predicted octanol–water partition coefficient (Wildman–Crippen LogP) is 3.30. The average molecular weight is 332 g/mol. The second kappa shape index (κ2) is 8.19. The SMILES string of the molecule is COc1ccccc1N[C@@H](C)C(=O)N/N=C\c1ccccc1Cl. The molecule has 2 aromatic rings. The Hall–Kier alpha value is -2.53. The summed E-state index contributed by atoms with van der Waals surface area (Å²) < 4.78 is 5.24. The Morgan fingerprint density at radius 3 is 2.65 bits per heavy atom. The molecule has 0 saturated heterocycles. The minimum absolute atomic E-state index is 0.265. The second-order valence-corrected chi connectivity index (χ2v) is 5.23. The zero-order valence-corrected chi connectivity index (χ0v) is 13.7. The van der Waals surface area contributed by atoms with E-state index in [2.05, 4.69) is 15.8 Å². The number of benzene rings is 2. The van der Waals surface area contributed by atoms with Gasteiger partial charge in [0.05, 0.1) is 19.0 Å². The Bertz CT molecular complexity index is 704. The van der Waals surface area contributed by atoms with Crippen LogP contribution in [0.15, 0.2) is 53.6 Å². The average Bonchev–Trinajstić information content (AvgIpc) is 2.57. The number of ether oxygens (including phenoxy) is 1. The lowest BCUT2D eigenvalue weighted by Crippen LogP contribution is -2.35. The molecule has 5 nitrogen and oxygen atoms in total. The van der Waals surface area contributed by atoms with Gasteiger partial charge in [0, 0.05) is 10.6 Å². The van der Waals surface area contributed by atoms with E-state index in [1.165, 1.54) is 6.21 Å². The number of carbonyl (C=O) groups excluding carboxylic acids is 1. The van der Waals surface area contributed by atoms with Crippen LogP contribution in [0.4, 0.5) is 5.69 Å².